The lowest BCUT2D eigenvalue weighted by Crippen LogP contribution is -2.37. The maximum absolute atomic E-state index is 12.2. The number of hydrogen-bond donors (Lipinski definition) is 1. The van der Waals surface area contributed by atoms with Gasteiger partial charge in [0.25, 0.3) is 5.91 Å². The first kappa shape index (κ1) is 14.5. The summed E-state index contributed by atoms with van der Waals surface area (Å²) in [5.41, 5.74) is 0.614. The molecule has 1 saturated heterocycles. The summed E-state index contributed by atoms with van der Waals surface area (Å²) < 4.78 is 25.8. The number of hydrogen-bond acceptors (Lipinski definition) is 3. The first-order chi connectivity index (χ1) is 8.85. The van der Waals surface area contributed by atoms with Crippen molar-refractivity contribution in [2.75, 3.05) is 19.3 Å². The number of carbonyl (C=O) groups is 1. The maximum atomic E-state index is 12.2. The Morgan fingerprint density at radius 1 is 1.37 bits per heavy atom. The highest BCUT2D eigenvalue weighted by molar-refractivity contribution is 9.10. The van der Waals surface area contributed by atoms with Crippen molar-refractivity contribution in [3.05, 3.63) is 34.3 Å². The van der Waals surface area contributed by atoms with Crippen LogP contribution < -0.4 is 4.72 Å². The number of likely N-dealkylation sites (tertiary alicyclic amines) is 1. The number of benzene rings is 1. The highest BCUT2D eigenvalue weighted by atomic mass is 79.9. The lowest BCUT2D eigenvalue weighted by Gasteiger charge is -2.16. The first-order valence-electron chi connectivity index (χ1n) is 5.87. The van der Waals surface area contributed by atoms with Crippen LogP contribution in [-0.4, -0.2) is 44.6 Å². The average Bonchev–Trinajstić information content (AvgIpc) is 2.75. The molecule has 1 N–H and O–H groups in total. The third kappa shape index (κ3) is 4.02. The number of amides is 1. The normalized spacial score (nSPS) is 19.7. The third-order valence-electron chi connectivity index (χ3n) is 2.95. The van der Waals surface area contributed by atoms with Crippen molar-refractivity contribution in [2.24, 2.45) is 0 Å². The van der Waals surface area contributed by atoms with Crippen LogP contribution in [0.3, 0.4) is 0 Å². The molecule has 1 aromatic carbocycles. The Balaban J connectivity index is 2.01. The van der Waals surface area contributed by atoms with Gasteiger partial charge in [0.15, 0.2) is 0 Å². The lowest BCUT2D eigenvalue weighted by atomic mass is 10.2. The Morgan fingerprint density at radius 2 is 2.00 bits per heavy atom. The minimum atomic E-state index is -3.22. The molecule has 0 saturated carbocycles. The SMILES string of the molecule is CS(=O)(=O)N[C@H]1CCN(C(=O)c2ccc(Br)cc2)C1. The van der Waals surface area contributed by atoms with Gasteiger partial charge < -0.3 is 4.90 Å². The Morgan fingerprint density at radius 3 is 2.58 bits per heavy atom. The third-order valence-corrected chi connectivity index (χ3v) is 4.24. The molecule has 0 aliphatic carbocycles. The van der Waals surface area contributed by atoms with Gasteiger partial charge in [0.2, 0.25) is 10.0 Å². The van der Waals surface area contributed by atoms with Crippen LogP contribution in [0.25, 0.3) is 0 Å². The van der Waals surface area contributed by atoms with Gasteiger partial charge >= 0.3 is 0 Å². The van der Waals surface area contributed by atoms with Gasteiger partial charge in [-0.15, -0.1) is 0 Å². The van der Waals surface area contributed by atoms with Crippen molar-refractivity contribution in [1.82, 2.24) is 9.62 Å². The molecule has 0 bridgehead atoms. The minimum absolute atomic E-state index is 0.0645. The van der Waals surface area contributed by atoms with E-state index in [2.05, 4.69) is 20.7 Å². The zero-order valence-electron chi connectivity index (χ0n) is 10.5. The van der Waals surface area contributed by atoms with E-state index in [0.29, 0.717) is 25.1 Å². The largest absolute Gasteiger partial charge is 0.337 e. The second kappa shape index (κ2) is 5.60. The molecule has 19 heavy (non-hydrogen) atoms. The quantitative estimate of drug-likeness (QED) is 0.894. The molecule has 5 nitrogen and oxygen atoms in total. The Bertz CT molecular complexity index is 571. The van der Waals surface area contributed by atoms with Gasteiger partial charge in [0.1, 0.15) is 0 Å². The Kier molecular flexibility index (Phi) is 4.27. The molecule has 0 radical (unpaired) electrons. The summed E-state index contributed by atoms with van der Waals surface area (Å²) in [6, 6.07) is 6.95. The fraction of sp³-hybridized carbons (Fsp3) is 0.417. The predicted octanol–water partition coefficient (Wildman–Crippen LogP) is 1.21. The topological polar surface area (TPSA) is 66.5 Å². The van der Waals surface area contributed by atoms with Crippen molar-refractivity contribution >= 4 is 31.9 Å². The number of carbonyl (C=O) groups excluding carboxylic acids is 1. The van der Waals surface area contributed by atoms with Crippen LogP contribution in [0.5, 0.6) is 0 Å². The average molecular weight is 347 g/mol. The number of sulfonamides is 1. The molecular weight excluding hydrogens is 332 g/mol. The standard InChI is InChI=1S/C12H15BrN2O3S/c1-19(17,18)14-11-6-7-15(8-11)12(16)9-2-4-10(13)5-3-9/h2-5,11,14H,6-8H2,1H3/t11-/m0/s1. The fourth-order valence-corrected chi connectivity index (χ4v) is 3.18. The molecule has 0 aromatic heterocycles. The van der Waals surface area contributed by atoms with Gasteiger partial charge in [-0.05, 0) is 30.7 Å². The van der Waals surface area contributed by atoms with Crippen molar-refractivity contribution < 1.29 is 13.2 Å². The molecule has 2 rings (SSSR count). The summed E-state index contributed by atoms with van der Waals surface area (Å²) in [6.07, 6.45) is 1.78. The number of nitrogens with zero attached hydrogens (tertiary/aromatic N) is 1. The predicted molar refractivity (Wildman–Crippen MR) is 76.4 cm³/mol. The molecule has 1 fully saturated rings. The highest BCUT2D eigenvalue weighted by Gasteiger charge is 2.28. The summed E-state index contributed by atoms with van der Waals surface area (Å²) in [6.45, 7) is 0.990. The van der Waals surface area contributed by atoms with Gasteiger partial charge in [0.05, 0.1) is 6.26 Å². The van der Waals surface area contributed by atoms with Crippen LogP contribution in [-0.2, 0) is 10.0 Å². The van der Waals surface area contributed by atoms with Crippen LogP contribution in [0.15, 0.2) is 28.7 Å². The molecule has 1 aliphatic heterocycles. The first-order valence-corrected chi connectivity index (χ1v) is 8.56. The summed E-state index contributed by atoms with van der Waals surface area (Å²) in [4.78, 5) is 13.9. The molecule has 104 valence electrons. The van der Waals surface area contributed by atoms with Crippen molar-refractivity contribution in [1.29, 1.82) is 0 Å². The molecule has 7 heteroatoms. The van der Waals surface area contributed by atoms with E-state index in [0.717, 1.165) is 10.7 Å². The molecular formula is C12H15BrN2O3S. The second-order valence-corrected chi connectivity index (χ2v) is 7.33. The molecule has 1 atom stereocenters. The van der Waals surface area contributed by atoms with E-state index in [1.165, 1.54) is 0 Å². The van der Waals surface area contributed by atoms with E-state index in [-0.39, 0.29) is 11.9 Å². The zero-order chi connectivity index (χ0) is 14.0. The van der Waals surface area contributed by atoms with E-state index in [1.54, 1.807) is 17.0 Å². The van der Waals surface area contributed by atoms with Crippen LogP contribution in [0.1, 0.15) is 16.8 Å². The highest BCUT2D eigenvalue weighted by Crippen LogP contribution is 2.16. The van der Waals surface area contributed by atoms with Gasteiger partial charge in [-0.3, -0.25) is 4.79 Å². The Hall–Kier alpha value is -0.920. The summed E-state index contributed by atoms with van der Waals surface area (Å²) in [7, 11) is -3.22. The van der Waals surface area contributed by atoms with Gasteiger partial charge in [-0.1, -0.05) is 15.9 Å². The van der Waals surface area contributed by atoms with Crippen molar-refractivity contribution in [3.8, 4) is 0 Å². The maximum Gasteiger partial charge on any atom is 0.253 e. The van der Waals surface area contributed by atoms with Crippen molar-refractivity contribution in [2.45, 2.75) is 12.5 Å². The molecule has 1 amide bonds. The van der Waals surface area contributed by atoms with E-state index in [9.17, 15) is 13.2 Å². The minimum Gasteiger partial charge on any atom is -0.337 e. The number of halogens is 1. The summed E-state index contributed by atoms with van der Waals surface area (Å²) in [5, 5.41) is 0. The number of nitrogens with one attached hydrogen (secondary N) is 1. The Labute approximate surface area is 121 Å². The summed E-state index contributed by atoms with van der Waals surface area (Å²) >= 11 is 3.32. The van der Waals surface area contributed by atoms with Crippen LogP contribution in [0, 0.1) is 0 Å². The smallest absolute Gasteiger partial charge is 0.253 e. The second-order valence-electron chi connectivity index (χ2n) is 4.63. The summed E-state index contributed by atoms with van der Waals surface area (Å²) in [5.74, 6) is -0.0645. The van der Waals surface area contributed by atoms with E-state index in [1.807, 2.05) is 12.1 Å². The van der Waals surface area contributed by atoms with Gasteiger partial charge in [-0.25, -0.2) is 13.1 Å². The van der Waals surface area contributed by atoms with Crippen LogP contribution >= 0.6 is 15.9 Å². The molecule has 0 spiro atoms. The molecule has 1 aliphatic rings. The monoisotopic (exact) mass is 346 g/mol. The van der Waals surface area contributed by atoms with Crippen LogP contribution in [0.4, 0.5) is 0 Å². The van der Waals surface area contributed by atoms with E-state index >= 15 is 0 Å². The molecule has 0 unspecified atom stereocenters. The van der Waals surface area contributed by atoms with E-state index < -0.39 is 10.0 Å². The fourth-order valence-electron chi connectivity index (χ4n) is 2.12. The molecule has 1 aromatic rings. The van der Waals surface area contributed by atoms with Crippen molar-refractivity contribution in [3.63, 3.8) is 0 Å². The number of rotatable bonds is 3. The van der Waals surface area contributed by atoms with E-state index in [4.69, 9.17) is 0 Å². The van der Waals surface area contributed by atoms with Gasteiger partial charge in [0, 0.05) is 29.2 Å². The van der Waals surface area contributed by atoms with Gasteiger partial charge in [-0.2, -0.15) is 0 Å². The van der Waals surface area contributed by atoms with Crippen LogP contribution in [0.2, 0.25) is 0 Å². The molecule has 1 heterocycles. The zero-order valence-corrected chi connectivity index (χ0v) is 12.9. The lowest BCUT2D eigenvalue weighted by molar-refractivity contribution is 0.0790.